The molecule has 0 saturated carbocycles. The number of nitrogens with zero attached hydrogens (tertiary/aromatic N) is 2. The molecule has 1 aliphatic rings. The van der Waals surface area contributed by atoms with E-state index in [1.54, 1.807) is 12.1 Å². The Morgan fingerprint density at radius 2 is 1.66 bits per heavy atom. The molecule has 0 spiro atoms. The number of fused-ring (bicyclic) bond motifs is 6. The number of halogens is 1. The quantitative estimate of drug-likeness (QED) is 0.349. The molecule has 10 heteroatoms. The highest BCUT2D eigenvalue weighted by molar-refractivity contribution is 7.92. The van der Waals surface area contributed by atoms with Crippen molar-refractivity contribution in [1.82, 2.24) is 9.97 Å². The molecular weight excluding hydrogens is 488 g/mol. The first-order chi connectivity index (χ1) is 16.7. The van der Waals surface area contributed by atoms with Gasteiger partial charge >= 0.3 is 0 Å². The molecule has 0 unspecified atom stereocenters. The van der Waals surface area contributed by atoms with Crippen LogP contribution in [0.25, 0.3) is 11.3 Å². The molecule has 0 atom stereocenters. The van der Waals surface area contributed by atoms with Gasteiger partial charge in [-0.2, -0.15) is 4.98 Å². The number of rotatable bonds is 1. The number of amides is 1. The molecule has 0 saturated heterocycles. The summed E-state index contributed by atoms with van der Waals surface area (Å²) < 4.78 is 34.7. The van der Waals surface area contributed by atoms with Crippen LogP contribution in [0.2, 0.25) is 5.02 Å². The number of aryl methyl sites for hydroxylation is 2. The minimum Gasteiger partial charge on any atom is -0.439 e. The summed E-state index contributed by atoms with van der Waals surface area (Å²) in [7, 11) is -4.08. The predicted molar refractivity (Wildman–Crippen MR) is 134 cm³/mol. The van der Waals surface area contributed by atoms with Gasteiger partial charge in [-0.1, -0.05) is 35.9 Å². The van der Waals surface area contributed by atoms with Crippen LogP contribution < -0.4 is 14.8 Å². The van der Waals surface area contributed by atoms with Gasteiger partial charge in [-0.3, -0.25) is 4.79 Å². The van der Waals surface area contributed by atoms with Gasteiger partial charge < -0.3 is 10.1 Å². The van der Waals surface area contributed by atoms with E-state index in [4.69, 9.17) is 16.3 Å². The monoisotopic (exact) mass is 506 g/mol. The van der Waals surface area contributed by atoms with E-state index < -0.39 is 15.9 Å². The molecule has 5 rings (SSSR count). The van der Waals surface area contributed by atoms with E-state index in [1.165, 1.54) is 36.4 Å². The van der Waals surface area contributed by atoms with Crippen molar-refractivity contribution in [2.75, 3.05) is 10.0 Å². The zero-order chi connectivity index (χ0) is 24.7. The van der Waals surface area contributed by atoms with Gasteiger partial charge in [-0.25, -0.2) is 18.1 Å². The van der Waals surface area contributed by atoms with E-state index in [-0.39, 0.29) is 28.0 Å². The molecule has 1 aromatic heterocycles. The minimum atomic E-state index is -4.08. The lowest BCUT2D eigenvalue weighted by Gasteiger charge is -2.15. The Morgan fingerprint density at radius 1 is 0.914 bits per heavy atom. The zero-order valence-corrected chi connectivity index (χ0v) is 20.2. The molecule has 8 nitrogen and oxygen atoms in total. The summed E-state index contributed by atoms with van der Waals surface area (Å²) in [5.74, 6) is -0.298. The van der Waals surface area contributed by atoms with Crippen LogP contribution in [0.3, 0.4) is 0 Å². The minimum absolute atomic E-state index is 0.0670. The largest absolute Gasteiger partial charge is 0.439 e. The molecule has 0 fully saturated rings. The summed E-state index contributed by atoms with van der Waals surface area (Å²) in [5, 5.41) is 2.97. The summed E-state index contributed by atoms with van der Waals surface area (Å²) in [6.07, 6.45) is 0. The molecule has 1 amide bonds. The van der Waals surface area contributed by atoms with Gasteiger partial charge in [0.25, 0.3) is 15.9 Å². The number of benzene rings is 3. The fourth-order valence-electron chi connectivity index (χ4n) is 3.87. The first-order valence-electron chi connectivity index (χ1n) is 10.6. The van der Waals surface area contributed by atoms with Crippen LogP contribution in [0.15, 0.2) is 71.6 Å². The third-order valence-electron chi connectivity index (χ3n) is 5.42. The maximum atomic E-state index is 13.1. The van der Waals surface area contributed by atoms with Crippen molar-refractivity contribution in [2.45, 2.75) is 18.7 Å². The first kappa shape index (κ1) is 22.8. The number of hydrogen-bond acceptors (Lipinski definition) is 6. The lowest BCUT2D eigenvalue weighted by molar-refractivity contribution is 0.102. The summed E-state index contributed by atoms with van der Waals surface area (Å²) >= 11 is 6.25. The molecule has 6 bridgehead atoms. The highest BCUT2D eigenvalue weighted by atomic mass is 35.5. The Kier molecular flexibility index (Phi) is 5.66. The molecule has 0 aliphatic carbocycles. The average molecular weight is 507 g/mol. The van der Waals surface area contributed by atoms with E-state index in [0.717, 1.165) is 16.7 Å². The van der Waals surface area contributed by atoms with Gasteiger partial charge in [0, 0.05) is 27.9 Å². The topological polar surface area (TPSA) is 110 Å². The van der Waals surface area contributed by atoms with Crippen molar-refractivity contribution >= 4 is 39.2 Å². The van der Waals surface area contributed by atoms with E-state index in [9.17, 15) is 13.2 Å². The van der Waals surface area contributed by atoms with Gasteiger partial charge in [-0.05, 0) is 61.4 Å². The van der Waals surface area contributed by atoms with E-state index in [0.29, 0.717) is 16.4 Å². The number of nitrogens with one attached hydrogen (secondary N) is 2. The molecule has 35 heavy (non-hydrogen) atoms. The normalized spacial score (nSPS) is 14.2. The van der Waals surface area contributed by atoms with E-state index in [2.05, 4.69) is 20.0 Å². The SMILES string of the molecule is Cc1cccc(C)c1-c1cc2nc(n1)NS(=O)(=O)c1cccc(c1)NC(=O)c1cc(Cl)cc(c1)O2. The maximum absolute atomic E-state index is 13.1. The van der Waals surface area contributed by atoms with Crippen molar-refractivity contribution in [3.05, 3.63) is 88.4 Å². The fraction of sp³-hybridized carbons (Fsp3) is 0.0800. The second kappa shape index (κ2) is 8.68. The molecule has 2 N–H and O–H groups in total. The molecular formula is C25H19ClN4O4S. The van der Waals surface area contributed by atoms with Crippen LogP contribution in [0.1, 0.15) is 21.5 Å². The highest BCUT2D eigenvalue weighted by Gasteiger charge is 2.21. The smallest absolute Gasteiger partial charge is 0.264 e. The number of sulfonamides is 1. The Balaban J connectivity index is 1.74. The van der Waals surface area contributed by atoms with Crippen LogP contribution in [0, 0.1) is 13.8 Å². The molecule has 2 heterocycles. The van der Waals surface area contributed by atoms with E-state index >= 15 is 0 Å². The standard InChI is InChI=1S/C25H19ClN4O4S/c1-14-5-3-6-15(2)23(14)21-13-22-29-25(28-21)30-35(32,33)20-8-4-7-18(12-20)27-24(31)16-9-17(26)11-19(10-16)34-22/h3-13H,1-2H3,(H,27,31)(H,28,29,30). The lowest BCUT2D eigenvalue weighted by Crippen LogP contribution is -2.17. The number of hydrogen-bond donors (Lipinski definition) is 2. The Bertz CT molecular complexity index is 1590. The summed E-state index contributed by atoms with van der Waals surface area (Å²) in [6, 6.07) is 17.9. The molecule has 3 aromatic carbocycles. The van der Waals surface area contributed by atoms with Crippen molar-refractivity contribution in [2.24, 2.45) is 0 Å². The van der Waals surface area contributed by atoms with Crippen LogP contribution in [0.4, 0.5) is 11.6 Å². The van der Waals surface area contributed by atoms with Crippen LogP contribution in [-0.4, -0.2) is 24.3 Å². The van der Waals surface area contributed by atoms with Gasteiger partial charge in [0.15, 0.2) is 0 Å². The number of carbonyl (C=O) groups is 1. The first-order valence-corrected chi connectivity index (χ1v) is 12.4. The zero-order valence-electron chi connectivity index (χ0n) is 18.7. The highest BCUT2D eigenvalue weighted by Crippen LogP contribution is 2.32. The van der Waals surface area contributed by atoms with Crippen molar-refractivity contribution in [3.63, 3.8) is 0 Å². The summed E-state index contributed by atoms with van der Waals surface area (Å²) in [6.45, 7) is 3.88. The second-order valence-corrected chi connectivity index (χ2v) is 10.2. The Labute approximate surface area is 207 Å². The number of anilines is 2. The summed E-state index contributed by atoms with van der Waals surface area (Å²) in [4.78, 5) is 21.5. The van der Waals surface area contributed by atoms with Crippen LogP contribution in [0.5, 0.6) is 11.6 Å². The van der Waals surface area contributed by atoms with Crippen molar-refractivity contribution < 1.29 is 17.9 Å². The molecule has 0 radical (unpaired) electrons. The van der Waals surface area contributed by atoms with Crippen molar-refractivity contribution in [3.8, 4) is 22.9 Å². The Morgan fingerprint density at radius 3 is 2.43 bits per heavy atom. The summed E-state index contributed by atoms with van der Waals surface area (Å²) in [5.41, 5.74) is 3.74. The van der Waals surface area contributed by atoms with Gasteiger partial charge in [0.05, 0.1) is 10.6 Å². The van der Waals surface area contributed by atoms with Crippen LogP contribution >= 0.6 is 11.6 Å². The Hall–Kier alpha value is -3.95. The predicted octanol–water partition coefficient (Wildman–Crippen LogP) is 5.57. The maximum Gasteiger partial charge on any atom is 0.264 e. The molecule has 176 valence electrons. The lowest BCUT2D eigenvalue weighted by atomic mass is 10.00. The van der Waals surface area contributed by atoms with Gasteiger partial charge in [0.1, 0.15) is 5.75 Å². The van der Waals surface area contributed by atoms with Gasteiger partial charge in [0.2, 0.25) is 11.8 Å². The number of carbonyl (C=O) groups excluding carboxylic acids is 1. The fourth-order valence-corrected chi connectivity index (χ4v) is 5.08. The second-order valence-electron chi connectivity index (χ2n) is 8.05. The number of ether oxygens (including phenoxy) is 1. The molecule has 4 aromatic rings. The van der Waals surface area contributed by atoms with Gasteiger partial charge in [-0.15, -0.1) is 0 Å². The average Bonchev–Trinajstić information content (AvgIpc) is 2.78. The third-order valence-corrected chi connectivity index (χ3v) is 6.97. The molecule has 1 aliphatic heterocycles. The van der Waals surface area contributed by atoms with Crippen molar-refractivity contribution in [1.29, 1.82) is 0 Å². The van der Waals surface area contributed by atoms with Crippen LogP contribution in [-0.2, 0) is 10.0 Å². The number of aromatic nitrogens is 2. The van der Waals surface area contributed by atoms with E-state index in [1.807, 2.05) is 32.0 Å². The third kappa shape index (κ3) is 4.68.